The number of hydrogen-bond donors (Lipinski definition) is 2. The van der Waals surface area contributed by atoms with Gasteiger partial charge in [0.2, 0.25) is 11.8 Å². The molecule has 0 bridgehead atoms. The normalized spacial score (nSPS) is 10.1. The summed E-state index contributed by atoms with van der Waals surface area (Å²) in [6, 6.07) is 19.9. The Hall–Kier alpha value is -4.46. The number of nitro benzene ring substituents is 1. The molecule has 0 fully saturated rings. The molecule has 2 N–H and O–H groups in total. The maximum absolute atomic E-state index is 12.3. The first-order chi connectivity index (χ1) is 15.4. The minimum atomic E-state index is -0.477. The van der Waals surface area contributed by atoms with Crippen molar-refractivity contribution in [2.75, 3.05) is 10.6 Å². The molecule has 0 saturated heterocycles. The maximum atomic E-state index is 12.3. The average molecular weight is 431 g/mol. The molecular weight excluding hydrogens is 410 g/mol. The first-order valence-electron chi connectivity index (χ1n) is 9.77. The van der Waals surface area contributed by atoms with Crippen molar-refractivity contribution in [1.82, 2.24) is 0 Å². The highest BCUT2D eigenvalue weighted by Gasteiger charge is 2.07. The summed E-state index contributed by atoms with van der Waals surface area (Å²) in [7, 11) is 0. The van der Waals surface area contributed by atoms with Crippen LogP contribution in [0.2, 0.25) is 0 Å². The minimum Gasteiger partial charge on any atom is -0.457 e. The van der Waals surface area contributed by atoms with Gasteiger partial charge in [-0.05, 0) is 54.5 Å². The number of hydrogen-bond acceptors (Lipinski definition) is 5. The molecule has 3 aromatic rings. The third kappa shape index (κ3) is 6.53. The highest BCUT2D eigenvalue weighted by Crippen LogP contribution is 2.26. The number of amides is 2. The molecule has 0 aliphatic carbocycles. The Morgan fingerprint density at radius 3 is 2.31 bits per heavy atom. The van der Waals surface area contributed by atoms with E-state index >= 15 is 0 Å². The predicted octanol–water partition coefficient (Wildman–Crippen LogP) is 5.08. The monoisotopic (exact) mass is 431 g/mol. The molecular formula is C24H21N3O5. The van der Waals surface area contributed by atoms with Gasteiger partial charge < -0.3 is 15.4 Å². The van der Waals surface area contributed by atoms with Gasteiger partial charge in [-0.3, -0.25) is 19.7 Å². The van der Waals surface area contributed by atoms with E-state index in [1.807, 2.05) is 12.1 Å². The van der Waals surface area contributed by atoms with Gasteiger partial charge in [-0.15, -0.1) is 0 Å². The molecule has 2 amide bonds. The van der Waals surface area contributed by atoms with Crippen molar-refractivity contribution >= 4 is 28.9 Å². The molecule has 8 nitrogen and oxygen atoms in total. The van der Waals surface area contributed by atoms with Gasteiger partial charge in [0.15, 0.2) is 0 Å². The lowest BCUT2D eigenvalue weighted by Gasteiger charge is -2.09. The number of non-ortho nitro benzene ring substituents is 1. The lowest BCUT2D eigenvalue weighted by molar-refractivity contribution is -0.384. The number of nitrogens with zero attached hydrogens (tertiary/aromatic N) is 1. The summed E-state index contributed by atoms with van der Waals surface area (Å²) < 4.78 is 5.70. The summed E-state index contributed by atoms with van der Waals surface area (Å²) in [5.74, 6) is 0.513. The zero-order valence-corrected chi connectivity index (χ0v) is 17.1. The van der Waals surface area contributed by atoms with Crippen LogP contribution in [-0.4, -0.2) is 16.7 Å². The SMILES string of the molecule is C=CC(=O)Nc1ccc(CCC(=O)Nc2cccc(Oc3ccc([N+](=O)[O-])cc3)c2)cc1. The number of nitro groups is 1. The van der Waals surface area contributed by atoms with Crippen LogP contribution in [0.1, 0.15) is 12.0 Å². The number of ether oxygens (including phenoxy) is 1. The Labute approximate surface area is 184 Å². The first-order valence-corrected chi connectivity index (χ1v) is 9.77. The molecule has 0 saturated carbocycles. The second-order valence-corrected chi connectivity index (χ2v) is 6.82. The molecule has 0 radical (unpaired) electrons. The van der Waals surface area contributed by atoms with E-state index in [1.54, 1.807) is 36.4 Å². The zero-order valence-electron chi connectivity index (χ0n) is 17.1. The van der Waals surface area contributed by atoms with Gasteiger partial charge in [-0.2, -0.15) is 0 Å². The number of nitrogens with one attached hydrogen (secondary N) is 2. The van der Waals surface area contributed by atoms with Gasteiger partial charge in [-0.1, -0.05) is 24.8 Å². The van der Waals surface area contributed by atoms with Crippen LogP contribution in [0.15, 0.2) is 85.5 Å². The van der Waals surface area contributed by atoms with Crippen molar-refractivity contribution in [1.29, 1.82) is 0 Å². The molecule has 162 valence electrons. The summed E-state index contributed by atoms with van der Waals surface area (Å²) in [4.78, 5) is 33.9. The van der Waals surface area contributed by atoms with Crippen molar-refractivity contribution in [3.8, 4) is 11.5 Å². The summed E-state index contributed by atoms with van der Waals surface area (Å²) in [6.45, 7) is 3.41. The van der Waals surface area contributed by atoms with E-state index in [9.17, 15) is 19.7 Å². The molecule has 0 atom stereocenters. The third-order valence-electron chi connectivity index (χ3n) is 4.45. The molecule has 0 heterocycles. The van der Waals surface area contributed by atoms with E-state index < -0.39 is 4.92 Å². The molecule has 0 aromatic heterocycles. The van der Waals surface area contributed by atoms with Gasteiger partial charge >= 0.3 is 0 Å². The van der Waals surface area contributed by atoms with Crippen LogP contribution in [0.4, 0.5) is 17.1 Å². The lowest BCUT2D eigenvalue weighted by Crippen LogP contribution is -2.12. The second-order valence-electron chi connectivity index (χ2n) is 6.82. The number of carbonyl (C=O) groups excluding carboxylic acids is 2. The predicted molar refractivity (Wildman–Crippen MR) is 122 cm³/mol. The number of anilines is 2. The first kappa shape index (κ1) is 22.2. The van der Waals surface area contributed by atoms with Crippen LogP contribution in [0.25, 0.3) is 0 Å². The number of aryl methyl sites for hydroxylation is 1. The molecule has 0 unspecified atom stereocenters. The summed E-state index contributed by atoms with van der Waals surface area (Å²) in [5.41, 5.74) is 2.19. The summed E-state index contributed by atoms with van der Waals surface area (Å²) >= 11 is 0. The average Bonchev–Trinajstić information content (AvgIpc) is 2.79. The molecule has 0 aliphatic heterocycles. The molecule has 32 heavy (non-hydrogen) atoms. The quantitative estimate of drug-likeness (QED) is 0.279. The summed E-state index contributed by atoms with van der Waals surface area (Å²) in [6.07, 6.45) is 2.02. The fourth-order valence-electron chi connectivity index (χ4n) is 2.84. The van der Waals surface area contributed by atoms with Gasteiger partial charge in [0, 0.05) is 36.0 Å². The van der Waals surface area contributed by atoms with Crippen LogP contribution in [0, 0.1) is 10.1 Å². The van der Waals surface area contributed by atoms with Crippen molar-refractivity contribution in [2.24, 2.45) is 0 Å². The van der Waals surface area contributed by atoms with Gasteiger partial charge in [0.1, 0.15) is 11.5 Å². The van der Waals surface area contributed by atoms with Crippen LogP contribution >= 0.6 is 0 Å². The van der Waals surface area contributed by atoms with Crippen molar-refractivity contribution < 1.29 is 19.2 Å². The Morgan fingerprint density at radius 1 is 0.938 bits per heavy atom. The largest absolute Gasteiger partial charge is 0.457 e. The fourth-order valence-corrected chi connectivity index (χ4v) is 2.84. The number of carbonyl (C=O) groups is 2. The molecule has 3 aromatic carbocycles. The van der Waals surface area contributed by atoms with E-state index in [0.717, 1.165) is 5.56 Å². The van der Waals surface area contributed by atoms with Crippen LogP contribution in [0.3, 0.4) is 0 Å². The van der Waals surface area contributed by atoms with Crippen molar-refractivity contribution in [2.45, 2.75) is 12.8 Å². The van der Waals surface area contributed by atoms with E-state index in [1.165, 1.54) is 30.3 Å². The molecule has 0 aliphatic rings. The molecule has 8 heteroatoms. The number of benzene rings is 3. The third-order valence-corrected chi connectivity index (χ3v) is 4.45. The molecule has 0 spiro atoms. The minimum absolute atomic E-state index is 0.0190. The van der Waals surface area contributed by atoms with Crippen molar-refractivity contribution in [3.05, 3.63) is 101 Å². The highest BCUT2D eigenvalue weighted by atomic mass is 16.6. The Kier molecular flexibility index (Phi) is 7.32. The number of rotatable bonds is 9. The Bertz CT molecular complexity index is 1130. The van der Waals surface area contributed by atoms with E-state index in [2.05, 4.69) is 17.2 Å². The van der Waals surface area contributed by atoms with E-state index in [4.69, 9.17) is 4.74 Å². The van der Waals surface area contributed by atoms with Crippen LogP contribution in [0.5, 0.6) is 11.5 Å². The van der Waals surface area contributed by atoms with Gasteiger partial charge in [-0.25, -0.2) is 0 Å². The zero-order chi connectivity index (χ0) is 22.9. The Balaban J connectivity index is 1.52. The maximum Gasteiger partial charge on any atom is 0.269 e. The fraction of sp³-hybridized carbons (Fsp3) is 0.0833. The lowest BCUT2D eigenvalue weighted by atomic mass is 10.1. The van der Waals surface area contributed by atoms with Gasteiger partial charge in [0.05, 0.1) is 4.92 Å². The van der Waals surface area contributed by atoms with E-state index in [-0.39, 0.29) is 23.9 Å². The van der Waals surface area contributed by atoms with Crippen LogP contribution < -0.4 is 15.4 Å². The van der Waals surface area contributed by atoms with E-state index in [0.29, 0.717) is 29.3 Å². The molecule has 3 rings (SSSR count). The standard InChI is InChI=1S/C24H21N3O5/c1-2-23(28)25-18-9-6-17(7-10-18)8-15-24(29)26-19-4-3-5-22(16-19)32-21-13-11-20(12-14-21)27(30)31/h2-7,9-14,16H,1,8,15H2,(H,25,28)(H,26,29). The second kappa shape index (κ2) is 10.5. The van der Waals surface area contributed by atoms with Crippen LogP contribution in [-0.2, 0) is 16.0 Å². The highest BCUT2D eigenvalue weighted by molar-refractivity contribution is 5.98. The Morgan fingerprint density at radius 2 is 1.66 bits per heavy atom. The topological polar surface area (TPSA) is 111 Å². The smallest absolute Gasteiger partial charge is 0.269 e. The van der Waals surface area contributed by atoms with Gasteiger partial charge in [0.25, 0.3) is 5.69 Å². The summed E-state index contributed by atoms with van der Waals surface area (Å²) in [5, 5.41) is 16.2. The van der Waals surface area contributed by atoms with Crippen molar-refractivity contribution in [3.63, 3.8) is 0 Å².